The van der Waals surface area contributed by atoms with Crippen molar-refractivity contribution >= 4 is 16.9 Å². The van der Waals surface area contributed by atoms with Gasteiger partial charge in [-0.3, -0.25) is 20.2 Å². The van der Waals surface area contributed by atoms with Crippen LogP contribution in [-0.2, 0) is 0 Å². The van der Waals surface area contributed by atoms with Gasteiger partial charge in [-0.05, 0) is 12.1 Å². The van der Waals surface area contributed by atoms with Gasteiger partial charge in [0.25, 0.3) is 5.91 Å². The van der Waals surface area contributed by atoms with Gasteiger partial charge in [0.15, 0.2) is 0 Å². The normalized spacial score (nSPS) is 10.1. The lowest BCUT2D eigenvalue weighted by atomic mass is 10.1. The summed E-state index contributed by atoms with van der Waals surface area (Å²) < 4.78 is 0. The molecular weight excluding hydrogens is 180 g/mol. The van der Waals surface area contributed by atoms with Gasteiger partial charge in [-0.2, -0.15) is 0 Å². The Morgan fingerprint density at radius 1 is 1.29 bits per heavy atom. The second kappa shape index (κ2) is 3.39. The first kappa shape index (κ1) is 8.58. The first-order valence-corrected chi connectivity index (χ1v) is 4.03. The molecule has 5 heteroatoms. The average Bonchev–Trinajstić information content (AvgIpc) is 2.27. The van der Waals surface area contributed by atoms with E-state index in [-0.39, 0.29) is 5.91 Å². The molecule has 0 unspecified atom stereocenters. The largest absolute Gasteiger partial charge is 0.290 e. The highest BCUT2D eigenvalue weighted by Crippen LogP contribution is 2.12. The molecule has 1 amide bonds. The zero-order chi connectivity index (χ0) is 9.97. The molecule has 2 rings (SSSR count). The van der Waals surface area contributed by atoms with Crippen LogP contribution in [0.25, 0.3) is 11.0 Å². The summed E-state index contributed by atoms with van der Waals surface area (Å²) in [7, 11) is 0. The first-order chi connectivity index (χ1) is 6.83. The Hall–Kier alpha value is -2.01. The Morgan fingerprint density at radius 2 is 2.07 bits per heavy atom. The summed E-state index contributed by atoms with van der Waals surface area (Å²) in [4.78, 5) is 19.5. The number of hydrogen-bond donors (Lipinski definition) is 2. The van der Waals surface area contributed by atoms with Crippen molar-refractivity contribution in [2.24, 2.45) is 5.84 Å². The van der Waals surface area contributed by atoms with Gasteiger partial charge >= 0.3 is 0 Å². The number of nitrogen functional groups attached to an aromatic ring is 1. The molecule has 1 heterocycles. The Bertz CT molecular complexity index is 478. The molecule has 70 valence electrons. The van der Waals surface area contributed by atoms with E-state index in [9.17, 15) is 4.79 Å². The van der Waals surface area contributed by atoms with Crippen molar-refractivity contribution in [2.45, 2.75) is 0 Å². The summed E-state index contributed by atoms with van der Waals surface area (Å²) in [6, 6.07) is 5.18. The molecule has 0 spiro atoms. The maximum absolute atomic E-state index is 11.3. The highest BCUT2D eigenvalue weighted by Gasteiger charge is 2.08. The van der Waals surface area contributed by atoms with E-state index in [1.807, 2.05) is 0 Å². The molecule has 3 N–H and O–H groups in total. The van der Waals surface area contributed by atoms with Crippen LogP contribution in [0.2, 0.25) is 0 Å². The number of amides is 1. The van der Waals surface area contributed by atoms with Gasteiger partial charge < -0.3 is 0 Å². The van der Waals surface area contributed by atoms with Gasteiger partial charge in [0.2, 0.25) is 0 Å². The molecule has 5 nitrogen and oxygen atoms in total. The quantitative estimate of drug-likeness (QED) is 0.381. The predicted octanol–water partition coefficient (Wildman–Crippen LogP) is 0.233. The number of hydrogen-bond acceptors (Lipinski definition) is 4. The first-order valence-electron chi connectivity index (χ1n) is 4.03. The zero-order valence-electron chi connectivity index (χ0n) is 7.27. The predicted molar refractivity (Wildman–Crippen MR) is 51.2 cm³/mol. The van der Waals surface area contributed by atoms with Crippen LogP contribution < -0.4 is 11.3 Å². The van der Waals surface area contributed by atoms with Crippen molar-refractivity contribution in [1.29, 1.82) is 0 Å². The second-order valence-electron chi connectivity index (χ2n) is 2.70. The van der Waals surface area contributed by atoms with E-state index >= 15 is 0 Å². The Morgan fingerprint density at radius 3 is 2.86 bits per heavy atom. The fourth-order valence-corrected chi connectivity index (χ4v) is 1.25. The molecule has 0 aliphatic carbocycles. The van der Waals surface area contributed by atoms with Gasteiger partial charge in [-0.25, -0.2) is 5.84 Å². The molecule has 14 heavy (non-hydrogen) atoms. The monoisotopic (exact) mass is 188 g/mol. The summed E-state index contributed by atoms with van der Waals surface area (Å²) in [5.74, 6) is 4.68. The number of benzene rings is 1. The van der Waals surface area contributed by atoms with Crippen molar-refractivity contribution in [2.75, 3.05) is 0 Å². The van der Waals surface area contributed by atoms with Gasteiger partial charge in [0, 0.05) is 12.4 Å². The molecule has 1 aromatic carbocycles. The SMILES string of the molecule is NNC(=O)c1cccc2nccnc12. The number of hydrazine groups is 1. The number of carbonyl (C=O) groups excluding carboxylic acids is 1. The van der Waals surface area contributed by atoms with Crippen LogP contribution in [0.3, 0.4) is 0 Å². The minimum absolute atomic E-state index is 0.365. The topological polar surface area (TPSA) is 80.9 Å². The summed E-state index contributed by atoms with van der Waals surface area (Å²) in [5.41, 5.74) is 3.72. The van der Waals surface area contributed by atoms with Crippen LogP contribution in [0, 0.1) is 0 Å². The standard InChI is InChI=1S/C9H8N4O/c10-13-9(14)6-2-1-3-7-8(6)12-5-4-11-7/h1-5H,10H2,(H,13,14). The van der Waals surface area contributed by atoms with E-state index in [0.29, 0.717) is 16.6 Å². The van der Waals surface area contributed by atoms with E-state index in [4.69, 9.17) is 5.84 Å². The van der Waals surface area contributed by atoms with Crippen molar-refractivity contribution in [3.8, 4) is 0 Å². The minimum Gasteiger partial charge on any atom is -0.290 e. The van der Waals surface area contributed by atoms with Gasteiger partial charge in [0.1, 0.15) is 5.52 Å². The molecule has 1 aromatic heterocycles. The molecule has 0 aliphatic rings. The Labute approximate surface area is 79.9 Å². The lowest BCUT2D eigenvalue weighted by Gasteiger charge is -2.02. The van der Waals surface area contributed by atoms with E-state index in [1.165, 1.54) is 6.20 Å². The summed E-state index contributed by atoms with van der Waals surface area (Å²) >= 11 is 0. The minimum atomic E-state index is -0.365. The molecule has 0 fully saturated rings. The number of fused-ring (bicyclic) bond motifs is 1. The molecule has 0 radical (unpaired) electrons. The van der Waals surface area contributed by atoms with Crippen LogP contribution in [0.15, 0.2) is 30.6 Å². The molecule has 0 saturated carbocycles. The second-order valence-corrected chi connectivity index (χ2v) is 2.70. The van der Waals surface area contributed by atoms with E-state index in [2.05, 4.69) is 15.4 Å². The third-order valence-electron chi connectivity index (χ3n) is 1.87. The summed E-state index contributed by atoms with van der Waals surface area (Å²) in [6.07, 6.45) is 3.11. The van der Waals surface area contributed by atoms with Crippen molar-refractivity contribution in [3.63, 3.8) is 0 Å². The van der Waals surface area contributed by atoms with Crippen molar-refractivity contribution in [3.05, 3.63) is 36.2 Å². The number of nitrogens with zero attached hydrogens (tertiary/aromatic N) is 2. The number of rotatable bonds is 1. The highest BCUT2D eigenvalue weighted by molar-refractivity contribution is 6.04. The fourth-order valence-electron chi connectivity index (χ4n) is 1.25. The average molecular weight is 188 g/mol. The maximum atomic E-state index is 11.3. The highest BCUT2D eigenvalue weighted by atomic mass is 16.2. The van der Waals surface area contributed by atoms with Gasteiger partial charge in [0.05, 0.1) is 11.1 Å². The van der Waals surface area contributed by atoms with Gasteiger partial charge in [-0.15, -0.1) is 0 Å². The molecule has 0 aliphatic heterocycles. The Kier molecular flexibility index (Phi) is 2.08. The molecule has 2 aromatic rings. The number of aromatic nitrogens is 2. The number of carbonyl (C=O) groups is 1. The lowest BCUT2D eigenvalue weighted by Crippen LogP contribution is -2.30. The fraction of sp³-hybridized carbons (Fsp3) is 0. The van der Waals surface area contributed by atoms with E-state index < -0.39 is 0 Å². The number of para-hydroxylation sites is 1. The molecule has 0 saturated heterocycles. The third-order valence-corrected chi connectivity index (χ3v) is 1.87. The third kappa shape index (κ3) is 1.29. The smallest absolute Gasteiger partial charge is 0.267 e. The molecule has 0 bridgehead atoms. The maximum Gasteiger partial charge on any atom is 0.267 e. The van der Waals surface area contributed by atoms with Crippen LogP contribution in [0.5, 0.6) is 0 Å². The number of nitrogens with two attached hydrogens (primary N) is 1. The molecule has 0 atom stereocenters. The summed E-state index contributed by atoms with van der Waals surface area (Å²) in [5, 5.41) is 0. The van der Waals surface area contributed by atoms with Crippen LogP contribution >= 0.6 is 0 Å². The van der Waals surface area contributed by atoms with Crippen LogP contribution in [0.4, 0.5) is 0 Å². The van der Waals surface area contributed by atoms with Gasteiger partial charge in [-0.1, -0.05) is 6.07 Å². The lowest BCUT2D eigenvalue weighted by molar-refractivity contribution is 0.0955. The van der Waals surface area contributed by atoms with Crippen molar-refractivity contribution in [1.82, 2.24) is 15.4 Å². The van der Waals surface area contributed by atoms with E-state index in [0.717, 1.165) is 0 Å². The number of nitrogens with one attached hydrogen (secondary N) is 1. The van der Waals surface area contributed by atoms with E-state index in [1.54, 1.807) is 24.4 Å². The van der Waals surface area contributed by atoms with Crippen LogP contribution in [0.1, 0.15) is 10.4 Å². The van der Waals surface area contributed by atoms with Crippen LogP contribution in [-0.4, -0.2) is 15.9 Å². The zero-order valence-corrected chi connectivity index (χ0v) is 7.27. The Balaban J connectivity index is 2.71. The molecular formula is C9H8N4O. The summed E-state index contributed by atoms with van der Waals surface area (Å²) in [6.45, 7) is 0. The van der Waals surface area contributed by atoms with Crippen molar-refractivity contribution < 1.29 is 4.79 Å².